The van der Waals surface area contributed by atoms with Crippen LogP contribution in [-0.4, -0.2) is 44.0 Å². The van der Waals surface area contributed by atoms with E-state index in [-0.39, 0.29) is 25.2 Å². The maximum Gasteiger partial charge on any atom is 0.250 e. The Morgan fingerprint density at radius 2 is 1.74 bits per heavy atom. The van der Waals surface area contributed by atoms with Crippen molar-refractivity contribution in [1.29, 1.82) is 0 Å². The van der Waals surface area contributed by atoms with Crippen LogP contribution in [0.1, 0.15) is 43.2 Å². The van der Waals surface area contributed by atoms with E-state index < -0.39 is 5.54 Å². The van der Waals surface area contributed by atoms with E-state index in [1.165, 1.54) is 0 Å². The Hall–Kier alpha value is -4.40. The highest BCUT2D eigenvalue weighted by Crippen LogP contribution is 2.38. The number of carbonyl (C=O) groups is 2. The zero-order valence-corrected chi connectivity index (χ0v) is 21.9. The second kappa shape index (κ2) is 10.4. The van der Waals surface area contributed by atoms with Gasteiger partial charge in [-0.2, -0.15) is 0 Å². The van der Waals surface area contributed by atoms with E-state index in [1.807, 2.05) is 55.5 Å². The lowest BCUT2D eigenvalue weighted by Crippen LogP contribution is -2.60. The minimum atomic E-state index is -1.01. The van der Waals surface area contributed by atoms with Crippen LogP contribution in [0.4, 0.5) is 5.69 Å². The summed E-state index contributed by atoms with van der Waals surface area (Å²) in [5.41, 5.74) is 3.22. The number of amides is 2. The van der Waals surface area contributed by atoms with Crippen LogP contribution in [0.25, 0.3) is 11.0 Å². The number of aryl methyl sites for hydroxylation is 1. The van der Waals surface area contributed by atoms with Gasteiger partial charge in [0, 0.05) is 18.3 Å². The van der Waals surface area contributed by atoms with Crippen LogP contribution in [-0.2, 0) is 22.7 Å². The summed E-state index contributed by atoms with van der Waals surface area (Å²) < 4.78 is 12.5. The Labute approximate surface area is 226 Å². The van der Waals surface area contributed by atoms with Gasteiger partial charge in [-0.25, -0.2) is 4.68 Å². The van der Waals surface area contributed by atoms with Crippen LogP contribution >= 0.6 is 0 Å². The summed E-state index contributed by atoms with van der Waals surface area (Å²) in [7, 11) is 0. The van der Waals surface area contributed by atoms with E-state index in [2.05, 4.69) is 15.6 Å². The van der Waals surface area contributed by atoms with Gasteiger partial charge in [-0.3, -0.25) is 9.59 Å². The van der Waals surface area contributed by atoms with E-state index in [0.717, 1.165) is 41.4 Å². The van der Waals surface area contributed by atoms with E-state index in [4.69, 9.17) is 9.47 Å². The molecule has 0 radical (unpaired) electrons. The van der Waals surface area contributed by atoms with E-state index in [1.54, 1.807) is 27.8 Å². The standard InChI is InChI=1S/C30H31N5O4/c1-21-9-11-22(12-10-21)18-34(28(36)19-35-25-8-4-3-7-24(25)32-33-35)30(15-5-2-6-16-30)29(37)31-23-13-14-26-27(17-23)39-20-38-26/h3-4,7-14,17H,2,5-6,15-16,18-20H2,1H3,(H,31,37). The van der Waals surface area contributed by atoms with E-state index in [0.29, 0.717) is 36.6 Å². The lowest BCUT2D eigenvalue weighted by molar-refractivity contribution is -0.149. The molecule has 2 amide bonds. The highest BCUT2D eigenvalue weighted by molar-refractivity contribution is 6.01. The normalized spacial score (nSPS) is 15.7. The molecule has 0 saturated heterocycles. The summed E-state index contributed by atoms with van der Waals surface area (Å²) in [4.78, 5) is 30.1. The molecule has 1 saturated carbocycles. The molecule has 1 aromatic heterocycles. The number of anilines is 1. The molecule has 1 aliphatic heterocycles. The number of aromatic nitrogens is 3. The van der Waals surface area contributed by atoms with Crippen molar-refractivity contribution in [2.45, 2.75) is 57.7 Å². The van der Waals surface area contributed by atoms with Crippen LogP contribution in [0.2, 0.25) is 0 Å². The van der Waals surface area contributed by atoms with Crippen molar-refractivity contribution >= 4 is 28.5 Å². The predicted molar refractivity (Wildman–Crippen MR) is 146 cm³/mol. The molecule has 1 N–H and O–H groups in total. The molecule has 0 atom stereocenters. The minimum absolute atomic E-state index is 0.00850. The van der Waals surface area contributed by atoms with E-state index in [9.17, 15) is 9.59 Å². The Morgan fingerprint density at radius 1 is 0.974 bits per heavy atom. The van der Waals surface area contributed by atoms with Crippen LogP contribution < -0.4 is 14.8 Å². The number of para-hydroxylation sites is 1. The van der Waals surface area contributed by atoms with Crippen molar-refractivity contribution in [2.24, 2.45) is 0 Å². The zero-order chi connectivity index (χ0) is 26.8. The molecule has 0 bridgehead atoms. The third-order valence-corrected chi connectivity index (χ3v) is 7.72. The average Bonchev–Trinajstić information content (AvgIpc) is 3.60. The molecule has 0 spiro atoms. The smallest absolute Gasteiger partial charge is 0.250 e. The largest absolute Gasteiger partial charge is 0.454 e. The first-order valence-corrected chi connectivity index (χ1v) is 13.4. The monoisotopic (exact) mass is 525 g/mol. The van der Waals surface area contributed by atoms with Crippen molar-refractivity contribution in [3.8, 4) is 11.5 Å². The molecule has 3 aromatic carbocycles. The highest BCUT2D eigenvalue weighted by atomic mass is 16.7. The number of nitrogens with zero attached hydrogens (tertiary/aromatic N) is 4. The summed E-state index contributed by atoms with van der Waals surface area (Å²) in [5.74, 6) is 0.881. The van der Waals surface area contributed by atoms with Gasteiger partial charge < -0.3 is 19.7 Å². The fourth-order valence-corrected chi connectivity index (χ4v) is 5.58. The third-order valence-electron chi connectivity index (χ3n) is 7.72. The molecule has 1 fully saturated rings. The summed E-state index contributed by atoms with van der Waals surface area (Å²) >= 11 is 0. The highest BCUT2D eigenvalue weighted by Gasteiger charge is 2.47. The molecule has 9 heteroatoms. The van der Waals surface area contributed by atoms with Crippen LogP contribution in [0.15, 0.2) is 66.7 Å². The second-order valence-electron chi connectivity index (χ2n) is 10.3. The van der Waals surface area contributed by atoms with Crippen molar-refractivity contribution in [2.75, 3.05) is 12.1 Å². The van der Waals surface area contributed by atoms with Gasteiger partial charge in [-0.05, 0) is 49.6 Å². The molecule has 200 valence electrons. The Balaban J connectivity index is 1.35. The van der Waals surface area contributed by atoms with Crippen LogP contribution in [0, 0.1) is 6.92 Å². The predicted octanol–water partition coefficient (Wildman–Crippen LogP) is 4.84. The first kappa shape index (κ1) is 24.9. The lowest BCUT2D eigenvalue weighted by atomic mass is 9.78. The Kier molecular flexibility index (Phi) is 6.64. The zero-order valence-electron chi connectivity index (χ0n) is 21.9. The topological polar surface area (TPSA) is 98.6 Å². The number of hydrogen-bond donors (Lipinski definition) is 1. The van der Waals surface area contributed by atoms with Gasteiger partial charge in [0.15, 0.2) is 11.5 Å². The van der Waals surface area contributed by atoms with E-state index >= 15 is 0 Å². The summed E-state index contributed by atoms with van der Waals surface area (Å²) in [5, 5.41) is 11.6. The Morgan fingerprint density at radius 3 is 2.56 bits per heavy atom. The van der Waals surface area contributed by atoms with Crippen molar-refractivity contribution < 1.29 is 19.1 Å². The SMILES string of the molecule is Cc1ccc(CN(C(=O)Cn2nnc3ccccc32)C2(C(=O)Nc3ccc4c(c3)OCO4)CCCCC2)cc1. The molecular weight excluding hydrogens is 494 g/mol. The maximum absolute atomic E-state index is 14.2. The molecule has 0 unspecified atom stereocenters. The van der Waals surface area contributed by atoms with Gasteiger partial charge in [0.25, 0.3) is 0 Å². The van der Waals surface area contributed by atoms with Gasteiger partial charge >= 0.3 is 0 Å². The number of hydrogen-bond acceptors (Lipinski definition) is 6. The molecule has 2 aliphatic rings. The third kappa shape index (κ3) is 4.92. The second-order valence-corrected chi connectivity index (χ2v) is 10.3. The molecular formula is C30H31N5O4. The molecule has 9 nitrogen and oxygen atoms in total. The fraction of sp³-hybridized carbons (Fsp3) is 0.333. The first-order valence-electron chi connectivity index (χ1n) is 13.4. The lowest BCUT2D eigenvalue weighted by Gasteiger charge is -2.45. The molecule has 2 heterocycles. The summed E-state index contributed by atoms with van der Waals surface area (Å²) in [6.45, 7) is 2.50. The fourth-order valence-electron chi connectivity index (χ4n) is 5.58. The first-order chi connectivity index (χ1) is 19.0. The van der Waals surface area contributed by atoms with Crippen molar-refractivity contribution in [3.63, 3.8) is 0 Å². The summed E-state index contributed by atoms with van der Waals surface area (Å²) in [6.07, 6.45) is 3.91. The average molecular weight is 526 g/mol. The molecule has 6 rings (SSSR count). The van der Waals surface area contributed by atoms with Crippen molar-refractivity contribution in [3.05, 3.63) is 77.9 Å². The molecule has 4 aromatic rings. The summed E-state index contributed by atoms with van der Waals surface area (Å²) in [6, 6.07) is 21.0. The number of carbonyl (C=O) groups excluding carboxylic acids is 2. The number of fused-ring (bicyclic) bond motifs is 2. The van der Waals surface area contributed by atoms with Gasteiger partial charge in [-0.15, -0.1) is 5.10 Å². The number of benzene rings is 3. The van der Waals surface area contributed by atoms with Crippen LogP contribution in [0.5, 0.6) is 11.5 Å². The van der Waals surface area contributed by atoms with Gasteiger partial charge in [-0.1, -0.05) is 66.4 Å². The van der Waals surface area contributed by atoms with Crippen molar-refractivity contribution in [1.82, 2.24) is 19.9 Å². The van der Waals surface area contributed by atoms with Gasteiger partial charge in [0.1, 0.15) is 17.6 Å². The van der Waals surface area contributed by atoms with Gasteiger partial charge in [0.2, 0.25) is 18.6 Å². The maximum atomic E-state index is 14.2. The number of ether oxygens (including phenoxy) is 2. The minimum Gasteiger partial charge on any atom is -0.454 e. The van der Waals surface area contributed by atoms with Crippen LogP contribution in [0.3, 0.4) is 0 Å². The number of nitrogens with one attached hydrogen (secondary N) is 1. The number of rotatable bonds is 7. The molecule has 39 heavy (non-hydrogen) atoms. The van der Waals surface area contributed by atoms with Gasteiger partial charge in [0.05, 0.1) is 5.52 Å². The molecule has 1 aliphatic carbocycles. The quantitative estimate of drug-likeness (QED) is 0.371. The Bertz CT molecular complexity index is 1510.